The number of esters is 3. The van der Waals surface area contributed by atoms with Gasteiger partial charge in [-0.3, -0.25) is 38.7 Å². The maximum atomic E-state index is 15.7. The Morgan fingerprint density at radius 2 is 1.67 bits per heavy atom. The van der Waals surface area contributed by atoms with Gasteiger partial charge in [0.15, 0.2) is 8.32 Å². The summed E-state index contributed by atoms with van der Waals surface area (Å²) in [5.74, 6) is -1.47. The Labute approximate surface area is 522 Å². The smallest absolute Gasteiger partial charge is 0.342 e. The number of piperidine rings is 1. The highest BCUT2D eigenvalue weighted by Crippen LogP contribution is 2.69. The molecule has 1 saturated carbocycles. The summed E-state index contributed by atoms with van der Waals surface area (Å²) >= 11 is 1.28. The molecule has 8 aliphatic rings. The first-order chi connectivity index (χ1) is 42.4. The number of nitrogens with one attached hydrogen (secondary N) is 2. The van der Waals surface area contributed by atoms with Crippen molar-refractivity contribution in [3.63, 3.8) is 0 Å². The average molecular weight is 1250 g/mol. The number of nitrogens with zero attached hydrogens (tertiary/aromatic N) is 4. The zero-order chi connectivity index (χ0) is 62.4. The number of amides is 3. The second-order valence-corrected chi connectivity index (χ2v) is 31.8. The Hall–Kier alpha value is -5.33. The lowest BCUT2D eigenvalue weighted by molar-refractivity contribution is -0.214. The molecule has 7 aliphatic heterocycles. The van der Waals surface area contributed by atoms with Crippen LogP contribution in [0.15, 0.2) is 48.6 Å². The fourth-order valence-corrected chi connectivity index (χ4v) is 23.7. The highest BCUT2D eigenvalue weighted by Gasteiger charge is 2.80. The van der Waals surface area contributed by atoms with Gasteiger partial charge in [0, 0.05) is 109 Å². The normalized spacial score (nSPS) is 32.1. The molecule has 480 valence electrons. The Kier molecular flexibility index (Phi) is 18.8. The Bertz CT molecular complexity index is 3170. The number of rotatable bonds is 23. The number of thioether (sulfide) groups is 1. The lowest BCUT2D eigenvalue weighted by Gasteiger charge is -2.65. The van der Waals surface area contributed by atoms with Gasteiger partial charge >= 0.3 is 17.9 Å². The van der Waals surface area contributed by atoms with Crippen molar-refractivity contribution in [3.05, 3.63) is 70.9 Å². The second kappa shape index (κ2) is 25.7. The maximum Gasteiger partial charge on any atom is 0.342 e. The Balaban J connectivity index is 0.876. The number of aliphatic hydroxyl groups is 2. The van der Waals surface area contributed by atoms with E-state index in [1.54, 1.807) is 7.11 Å². The summed E-state index contributed by atoms with van der Waals surface area (Å²) in [6, 6.07) is 13.7. The minimum absolute atomic E-state index is 0.0824. The number of aromatic nitrogens is 1. The molecule has 1 aliphatic carbocycles. The number of unbranched alkanes of at least 4 members (excludes halogenated alkanes) is 1. The van der Waals surface area contributed by atoms with Crippen molar-refractivity contribution >= 4 is 72.3 Å². The highest BCUT2D eigenvalue weighted by atomic mass is 32.2. The number of anilines is 1. The van der Waals surface area contributed by atoms with Crippen LogP contribution in [0, 0.1) is 11.3 Å². The van der Waals surface area contributed by atoms with E-state index in [-0.39, 0.29) is 74.8 Å². The third kappa shape index (κ3) is 10.9. The number of para-hydroxylation sites is 1. The highest BCUT2D eigenvalue weighted by molar-refractivity contribution is 8.00. The molecule has 1 spiro atoms. The standard InChI is InChI=1S/C66H92N6O14SSi/c1-8-62(79)39-43-40-65(60(77)83-6,55-45(21-27-70(41-43)42-62)44-18-11-12-19-48(44)68-55)47-36-46-49(37-50(47)81-4)69(3)58-64(46)24-28-71-26-17-23-63(9-2,57(64)71)59(66(58,80)61(78)84-7)86-88(33-14-10-15-34-88)35-16-13-20-52(73)67-25-30-85-31-29-72-53(74)38-51(56(72)76)87-32-22-54(75)82-5/h11-12,17-19,23,36-37,43,51,57-59,68,79-80H,8-10,13-16,20-22,24-35,38-42H2,1-7H3,(H,67,73)/t43-,51?,57-,58?,59+,62-,63+,64+,65-,66-/m0/s1. The summed E-state index contributed by atoms with van der Waals surface area (Å²) in [6.07, 6.45) is 11.5. The molecule has 3 aromatic rings. The van der Waals surface area contributed by atoms with Gasteiger partial charge in [0.2, 0.25) is 23.3 Å². The predicted molar refractivity (Wildman–Crippen MR) is 336 cm³/mol. The molecular weight excluding hydrogens is 1160 g/mol. The number of benzene rings is 2. The van der Waals surface area contributed by atoms with Crippen molar-refractivity contribution in [3.8, 4) is 5.75 Å². The van der Waals surface area contributed by atoms with E-state index in [2.05, 4.69) is 67.0 Å². The van der Waals surface area contributed by atoms with Gasteiger partial charge < -0.3 is 53.5 Å². The van der Waals surface area contributed by atoms with Crippen LogP contribution in [-0.2, 0) is 69.4 Å². The summed E-state index contributed by atoms with van der Waals surface area (Å²) in [6.45, 7) is 8.21. The minimum atomic E-state index is -2.80. The summed E-state index contributed by atoms with van der Waals surface area (Å²) in [4.78, 5) is 93.5. The van der Waals surface area contributed by atoms with E-state index in [4.69, 9.17) is 23.4 Å². The van der Waals surface area contributed by atoms with Crippen LogP contribution in [0.5, 0.6) is 5.75 Å². The average Bonchev–Trinajstić information content (AvgIpc) is 1.45. The molecule has 8 heterocycles. The lowest BCUT2D eigenvalue weighted by atomic mass is 9.47. The first-order valence-electron chi connectivity index (χ1n) is 32.2. The molecule has 2 bridgehead atoms. The third-order valence-corrected chi connectivity index (χ3v) is 27.6. The van der Waals surface area contributed by atoms with E-state index in [9.17, 15) is 29.4 Å². The van der Waals surface area contributed by atoms with E-state index in [1.807, 2.05) is 32.2 Å². The first-order valence-corrected chi connectivity index (χ1v) is 35.8. The van der Waals surface area contributed by atoms with E-state index >= 15 is 9.59 Å². The number of likely N-dealkylation sites (N-methyl/N-ethyl adjacent to an activating group) is 1. The third-order valence-electron chi connectivity index (χ3n) is 21.8. The number of likely N-dealkylation sites (tertiary alicyclic amines) is 1. The van der Waals surface area contributed by atoms with E-state index in [0.29, 0.717) is 101 Å². The molecule has 5 fully saturated rings. The van der Waals surface area contributed by atoms with Gasteiger partial charge in [-0.1, -0.05) is 69.9 Å². The molecule has 3 amide bonds. The van der Waals surface area contributed by atoms with E-state index in [1.165, 1.54) is 38.0 Å². The number of H-pyrrole nitrogens is 1. The number of ether oxygens (including phenoxy) is 5. The van der Waals surface area contributed by atoms with Crippen LogP contribution in [0.3, 0.4) is 0 Å². The zero-order valence-electron chi connectivity index (χ0n) is 52.6. The number of hydrogen-bond acceptors (Lipinski definition) is 18. The van der Waals surface area contributed by atoms with Crippen LogP contribution in [0.1, 0.15) is 120 Å². The Morgan fingerprint density at radius 3 is 2.41 bits per heavy atom. The monoisotopic (exact) mass is 1250 g/mol. The number of imide groups is 1. The lowest BCUT2D eigenvalue weighted by Crippen LogP contribution is -2.82. The molecule has 20 nitrogen and oxygen atoms in total. The van der Waals surface area contributed by atoms with Crippen molar-refractivity contribution in [2.24, 2.45) is 11.3 Å². The van der Waals surface area contributed by atoms with Gasteiger partial charge in [-0.15, -0.1) is 11.8 Å². The van der Waals surface area contributed by atoms with Crippen molar-refractivity contribution in [2.75, 3.05) is 105 Å². The fourth-order valence-electron chi connectivity index (χ4n) is 18.0. The van der Waals surface area contributed by atoms with Gasteiger partial charge in [-0.2, -0.15) is 0 Å². The quantitative estimate of drug-likeness (QED) is 0.0203. The molecule has 2 aromatic carbocycles. The number of fused-ring (bicyclic) bond motifs is 6. The number of aromatic amines is 1. The molecule has 3 unspecified atom stereocenters. The predicted octanol–water partition coefficient (Wildman–Crippen LogP) is 6.30. The van der Waals surface area contributed by atoms with Crippen LogP contribution in [0.4, 0.5) is 5.69 Å². The van der Waals surface area contributed by atoms with Gasteiger partial charge in [0.1, 0.15) is 11.2 Å². The molecular formula is C66H92N6O14SSi. The molecule has 88 heavy (non-hydrogen) atoms. The molecule has 0 radical (unpaired) electrons. The van der Waals surface area contributed by atoms with Gasteiger partial charge in [-0.25, -0.2) is 4.79 Å². The molecule has 1 aromatic heterocycles. The van der Waals surface area contributed by atoms with E-state index in [0.717, 1.165) is 77.2 Å². The van der Waals surface area contributed by atoms with Gasteiger partial charge in [-0.05, 0) is 98.8 Å². The molecule has 11 atom stereocenters. The minimum Gasteiger partial charge on any atom is -0.496 e. The molecule has 4 N–H and O–H groups in total. The number of carbonyl (C=O) groups excluding carboxylic acids is 6. The van der Waals surface area contributed by atoms with Crippen LogP contribution >= 0.6 is 11.8 Å². The van der Waals surface area contributed by atoms with Crippen LogP contribution in [0.2, 0.25) is 18.1 Å². The SMILES string of the molecule is CC[C@]1(O)C[C@@H]2CN(CCc3c([nH]c4ccccc34)[C@@](C(=O)OC)(c3cc4c(cc3OC)N(C)C3[C@]45CCN4CC=C[C@@](CC)([C@@H](O[Si]6(CCCCC(=O)NCCOCCN7C(=O)CC(SCCC(=O)OC)C7=O)CCCCC6)[C@]3(O)C(=O)OC)[C@H]45)C2)C1. The fraction of sp³-hybridized carbons (Fsp3) is 0.667. The Morgan fingerprint density at radius 1 is 0.886 bits per heavy atom. The van der Waals surface area contributed by atoms with Crippen molar-refractivity contribution in [2.45, 2.75) is 167 Å². The first kappa shape index (κ1) is 64.2. The van der Waals surface area contributed by atoms with Crippen LogP contribution in [-0.4, -0.2) is 209 Å². The molecule has 4 saturated heterocycles. The van der Waals surface area contributed by atoms with Crippen molar-refractivity contribution in [1.82, 2.24) is 25.0 Å². The summed E-state index contributed by atoms with van der Waals surface area (Å²) < 4.78 is 36.9. The summed E-state index contributed by atoms with van der Waals surface area (Å²) in [5, 5.41) is 30.1. The molecule has 22 heteroatoms. The maximum absolute atomic E-state index is 15.7. The van der Waals surface area contributed by atoms with E-state index < -0.39 is 65.1 Å². The second-order valence-electron chi connectivity index (χ2n) is 26.4. The summed E-state index contributed by atoms with van der Waals surface area (Å²) in [5.41, 5.74) is -1.34. The van der Waals surface area contributed by atoms with Gasteiger partial charge in [0.05, 0.1) is 77.6 Å². The molecule has 11 rings (SSSR count). The van der Waals surface area contributed by atoms with Gasteiger partial charge in [0.25, 0.3) is 0 Å². The number of methoxy groups -OCH3 is 4. The van der Waals surface area contributed by atoms with Crippen LogP contribution < -0.4 is 15.0 Å². The number of carbonyl (C=O) groups is 6. The number of hydrogen-bond donors (Lipinski definition) is 4. The largest absolute Gasteiger partial charge is 0.496 e. The topological polar surface area (TPSA) is 239 Å². The van der Waals surface area contributed by atoms with Crippen molar-refractivity contribution < 1.29 is 67.1 Å². The zero-order valence-corrected chi connectivity index (χ0v) is 54.4. The van der Waals surface area contributed by atoms with Crippen molar-refractivity contribution in [1.29, 1.82) is 0 Å². The summed E-state index contributed by atoms with van der Waals surface area (Å²) in [7, 11) is 4.93. The van der Waals surface area contributed by atoms with Crippen LogP contribution in [0.25, 0.3) is 10.9 Å².